The Balaban J connectivity index is 2.45. The van der Waals surface area contributed by atoms with E-state index in [9.17, 15) is 4.39 Å². The van der Waals surface area contributed by atoms with Crippen molar-refractivity contribution in [3.8, 4) is 11.5 Å². The number of rotatable bonds is 3. The maximum absolute atomic E-state index is 13.2. The minimum Gasteiger partial charge on any atom is -0.455 e. The molecule has 0 aliphatic carbocycles. The predicted octanol–water partition coefficient (Wildman–Crippen LogP) is 4.67. The molecule has 0 fully saturated rings. The predicted molar refractivity (Wildman–Crippen MR) is 81.5 cm³/mol. The number of halogens is 3. The van der Waals surface area contributed by atoms with E-state index in [0.717, 1.165) is 0 Å². The minimum atomic E-state index is -0.405. The van der Waals surface area contributed by atoms with Gasteiger partial charge in [0.05, 0.1) is 10.0 Å². The zero-order valence-corrected chi connectivity index (χ0v) is 12.7. The summed E-state index contributed by atoms with van der Waals surface area (Å²) in [5.74, 6) is 0.295. The third kappa shape index (κ3) is 3.43. The SMILES string of the molecule is NC(=S)c1ccc(Cl)cc1Oc1cc(F)ccc1Br. The Kier molecular flexibility index (Phi) is 4.39. The fourth-order valence-corrected chi connectivity index (χ4v) is 2.12. The van der Waals surface area contributed by atoms with E-state index in [4.69, 9.17) is 34.3 Å². The van der Waals surface area contributed by atoms with E-state index in [1.165, 1.54) is 12.1 Å². The Morgan fingerprint density at radius 1 is 1.21 bits per heavy atom. The summed E-state index contributed by atoms with van der Waals surface area (Å²) >= 11 is 14.1. The molecule has 0 aliphatic rings. The van der Waals surface area contributed by atoms with Gasteiger partial charge >= 0.3 is 0 Å². The van der Waals surface area contributed by atoms with Crippen LogP contribution in [0.3, 0.4) is 0 Å². The smallest absolute Gasteiger partial charge is 0.144 e. The summed E-state index contributed by atoms with van der Waals surface area (Å²) in [5.41, 5.74) is 6.15. The van der Waals surface area contributed by atoms with Crippen LogP contribution in [0, 0.1) is 5.82 Å². The lowest BCUT2D eigenvalue weighted by Gasteiger charge is -2.12. The van der Waals surface area contributed by atoms with Gasteiger partial charge in [-0.25, -0.2) is 4.39 Å². The molecule has 0 spiro atoms. The summed E-state index contributed by atoms with van der Waals surface area (Å²) < 4.78 is 19.4. The van der Waals surface area contributed by atoms with Crippen LogP contribution in [-0.4, -0.2) is 4.99 Å². The van der Waals surface area contributed by atoms with Gasteiger partial charge in [-0.1, -0.05) is 23.8 Å². The van der Waals surface area contributed by atoms with Crippen LogP contribution < -0.4 is 10.5 Å². The number of hydrogen-bond donors (Lipinski definition) is 1. The second kappa shape index (κ2) is 5.86. The average molecular weight is 361 g/mol. The molecule has 0 unspecified atom stereocenters. The van der Waals surface area contributed by atoms with Gasteiger partial charge in [0.25, 0.3) is 0 Å². The first-order valence-corrected chi connectivity index (χ1v) is 6.77. The number of nitrogens with two attached hydrogens (primary N) is 1. The summed E-state index contributed by atoms with van der Waals surface area (Å²) in [5, 5.41) is 0.475. The third-order valence-electron chi connectivity index (χ3n) is 2.32. The zero-order chi connectivity index (χ0) is 14.0. The molecule has 98 valence electrons. The van der Waals surface area contributed by atoms with Gasteiger partial charge in [0.1, 0.15) is 22.3 Å². The molecule has 2 nitrogen and oxygen atoms in total. The van der Waals surface area contributed by atoms with Crippen LogP contribution in [0.25, 0.3) is 0 Å². The van der Waals surface area contributed by atoms with Crippen LogP contribution in [0.2, 0.25) is 5.02 Å². The first kappa shape index (κ1) is 14.2. The number of thiocarbonyl (C=S) groups is 1. The topological polar surface area (TPSA) is 35.2 Å². The molecule has 2 rings (SSSR count). The van der Waals surface area contributed by atoms with E-state index < -0.39 is 5.82 Å². The number of benzene rings is 2. The monoisotopic (exact) mass is 359 g/mol. The van der Waals surface area contributed by atoms with Crippen molar-refractivity contribution in [2.45, 2.75) is 0 Å². The lowest BCUT2D eigenvalue weighted by Crippen LogP contribution is -2.10. The number of hydrogen-bond acceptors (Lipinski definition) is 2. The van der Waals surface area contributed by atoms with Crippen molar-refractivity contribution >= 4 is 44.7 Å². The molecule has 2 N–H and O–H groups in total. The molecular formula is C13H8BrClFNOS. The maximum atomic E-state index is 13.2. The molecule has 0 aromatic heterocycles. The normalized spacial score (nSPS) is 10.3. The molecule has 0 heterocycles. The average Bonchev–Trinajstić information content (AvgIpc) is 2.33. The van der Waals surface area contributed by atoms with Crippen molar-refractivity contribution in [1.82, 2.24) is 0 Å². The van der Waals surface area contributed by atoms with Crippen LogP contribution in [0.15, 0.2) is 40.9 Å². The molecule has 0 amide bonds. The molecule has 0 bridgehead atoms. The number of ether oxygens (including phenoxy) is 1. The highest BCUT2D eigenvalue weighted by Gasteiger charge is 2.11. The summed E-state index contributed by atoms with van der Waals surface area (Å²) in [6.07, 6.45) is 0. The van der Waals surface area contributed by atoms with Gasteiger partial charge in [-0.05, 0) is 40.2 Å². The van der Waals surface area contributed by atoms with E-state index in [1.54, 1.807) is 24.3 Å². The zero-order valence-electron chi connectivity index (χ0n) is 9.49. The largest absolute Gasteiger partial charge is 0.455 e. The lowest BCUT2D eigenvalue weighted by atomic mass is 10.2. The lowest BCUT2D eigenvalue weighted by molar-refractivity contribution is 0.473. The maximum Gasteiger partial charge on any atom is 0.144 e. The second-order valence-corrected chi connectivity index (χ2v) is 5.41. The summed E-state index contributed by atoms with van der Waals surface area (Å²) in [6, 6.07) is 9.03. The van der Waals surface area contributed by atoms with E-state index in [2.05, 4.69) is 15.9 Å². The molecule has 19 heavy (non-hydrogen) atoms. The molecule has 0 saturated heterocycles. The van der Waals surface area contributed by atoms with E-state index in [-0.39, 0.29) is 4.99 Å². The van der Waals surface area contributed by atoms with Crippen molar-refractivity contribution in [2.24, 2.45) is 5.73 Å². The molecule has 0 saturated carbocycles. The highest BCUT2D eigenvalue weighted by atomic mass is 79.9. The van der Waals surface area contributed by atoms with E-state index in [1.807, 2.05) is 0 Å². The summed E-state index contributed by atoms with van der Waals surface area (Å²) in [6.45, 7) is 0. The van der Waals surface area contributed by atoms with Gasteiger partial charge < -0.3 is 10.5 Å². The minimum absolute atomic E-state index is 0.180. The van der Waals surface area contributed by atoms with Crippen molar-refractivity contribution in [2.75, 3.05) is 0 Å². The van der Waals surface area contributed by atoms with Crippen molar-refractivity contribution in [1.29, 1.82) is 0 Å². The van der Waals surface area contributed by atoms with Crippen LogP contribution >= 0.6 is 39.7 Å². The standard InChI is InChI=1S/C13H8BrClFNOS/c14-10-4-2-8(16)6-12(10)18-11-5-7(15)1-3-9(11)13(17)19/h1-6H,(H2,17,19). The molecule has 0 aliphatic heterocycles. The van der Waals surface area contributed by atoms with Gasteiger partial charge in [-0.3, -0.25) is 0 Å². The summed E-state index contributed by atoms with van der Waals surface area (Å²) in [7, 11) is 0. The van der Waals surface area contributed by atoms with E-state index in [0.29, 0.717) is 26.6 Å². The molecule has 0 radical (unpaired) electrons. The molecule has 2 aromatic carbocycles. The quantitative estimate of drug-likeness (QED) is 0.808. The molecule has 2 aromatic rings. The van der Waals surface area contributed by atoms with Gasteiger partial charge in [0.2, 0.25) is 0 Å². The Morgan fingerprint density at radius 3 is 2.63 bits per heavy atom. The van der Waals surface area contributed by atoms with E-state index >= 15 is 0 Å². The first-order valence-electron chi connectivity index (χ1n) is 5.19. The van der Waals surface area contributed by atoms with Gasteiger partial charge in [0.15, 0.2) is 0 Å². The van der Waals surface area contributed by atoms with Crippen LogP contribution in [-0.2, 0) is 0 Å². The van der Waals surface area contributed by atoms with Crippen molar-refractivity contribution in [3.05, 3.63) is 57.3 Å². The van der Waals surface area contributed by atoms with Crippen LogP contribution in [0.4, 0.5) is 4.39 Å². The molecule has 0 atom stereocenters. The molecular weight excluding hydrogens is 353 g/mol. The second-order valence-electron chi connectivity index (χ2n) is 3.68. The van der Waals surface area contributed by atoms with Crippen molar-refractivity contribution < 1.29 is 9.13 Å². The van der Waals surface area contributed by atoms with Crippen molar-refractivity contribution in [3.63, 3.8) is 0 Å². The van der Waals surface area contributed by atoms with Gasteiger partial charge in [-0.2, -0.15) is 0 Å². The Bertz CT molecular complexity index is 651. The fourth-order valence-electron chi connectivity index (χ4n) is 1.46. The van der Waals surface area contributed by atoms with Crippen LogP contribution in [0.5, 0.6) is 11.5 Å². The highest BCUT2D eigenvalue weighted by molar-refractivity contribution is 9.10. The first-order chi connectivity index (χ1) is 8.97. The Hall–Kier alpha value is -1.17. The Morgan fingerprint density at radius 2 is 1.95 bits per heavy atom. The molecule has 6 heteroatoms. The fraction of sp³-hybridized carbons (Fsp3) is 0. The van der Waals surface area contributed by atoms with Gasteiger partial charge in [0, 0.05) is 17.2 Å². The summed E-state index contributed by atoms with van der Waals surface area (Å²) in [4.78, 5) is 0.180. The van der Waals surface area contributed by atoms with Gasteiger partial charge in [-0.15, -0.1) is 0 Å². The third-order valence-corrected chi connectivity index (χ3v) is 3.43. The highest BCUT2D eigenvalue weighted by Crippen LogP contribution is 2.33. The Labute approximate surface area is 128 Å². The van der Waals surface area contributed by atoms with Crippen LogP contribution in [0.1, 0.15) is 5.56 Å².